The largest absolute Gasteiger partial charge is 0.398 e. The van der Waals surface area contributed by atoms with Gasteiger partial charge in [0.2, 0.25) is 0 Å². The zero-order chi connectivity index (χ0) is 8.43. The van der Waals surface area contributed by atoms with E-state index in [-0.39, 0.29) is 0 Å². The Labute approximate surface area is 72.9 Å². The van der Waals surface area contributed by atoms with Crippen LogP contribution in [-0.4, -0.2) is 0 Å². The molecule has 1 rings (SSSR count). The number of rotatable bonds is 0. The van der Waals surface area contributed by atoms with Gasteiger partial charge < -0.3 is 11.5 Å². The quantitative estimate of drug-likeness (QED) is 0.511. The van der Waals surface area contributed by atoms with Gasteiger partial charge in [-0.25, -0.2) is 4.85 Å². The summed E-state index contributed by atoms with van der Waals surface area (Å²) in [5.41, 5.74) is 12.4. The Kier molecular flexibility index (Phi) is 2.01. The standard InChI is InChI=1S/C7H6BrN3/c1-11-4-2-5(8)7(10)6(9)3-4/h2-3H,9-10H2. The molecule has 11 heavy (non-hydrogen) atoms. The summed E-state index contributed by atoms with van der Waals surface area (Å²) in [5, 5.41) is 0. The molecule has 0 heterocycles. The third kappa shape index (κ3) is 1.44. The Balaban J connectivity index is 3.35. The van der Waals surface area contributed by atoms with E-state index in [2.05, 4.69) is 20.8 Å². The fraction of sp³-hybridized carbons (Fsp3) is 0. The summed E-state index contributed by atoms with van der Waals surface area (Å²) in [6.45, 7) is 6.72. The van der Waals surface area contributed by atoms with E-state index in [1.54, 1.807) is 12.1 Å². The first-order valence-corrected chi connectivity index (χ1v) is 3.66. The average Bonchev–Trinajstić information content (AvgIpc) is 1.99. The minimum atomic E-state index is 0.436. The van der Waals surface area contributed by atoms with Crippen molar-refractivity contribution in [2.45, 2.75) is 0 Å². The lowest BCUT2D eigenvalue weighted by Crippen LogP contribution is -1.94. The van der Waals surface area contributed by atoms with E-state index in [0.29, 0.717) is 21.5 Å². The van der Waals surface area contributed by atoms with Crippen molar-refractivity contribution in [1.29, 1.82) is 0 Å². The van der Waals surface area contributed by atoms with Crippen LogP contribution in [0.15, 0.2) is 16.6 Å². The van der Waals surface area contributed by atoms with Crippen molar-refractivity contribution in [3.05, 3.63) is 28.0 Å². The molecule has 4 N–H and O–H groups in total. The summed E-state index contributed by atoms with van der Waals surface area (Å²) in [7, 11) is 0. The molecule has 3 nitrogen and oxygen atoms in total. The van der Waals surface area contributed by atoms with Gasteiger partial charge in [-0.1, -0.05) is 0 Å². The zero-order valence-corrected chi connectivity index (χ0v) is 7.22. The molecule has 0 fully saturated rings. The third-order valence-electron chi connectivity index (χ3n) is 1.28. The van der Waals surface area contributed by atoms with E-state index in [4.69, 9.17) is 18.0 Å². The van der Waals surface area contributed by atoms with E-state index in [1.165, 1.54) is 0 Å². The summed E-state index contributed by atoms with van der Waals surface area (Å²) >= 11 is 3.19. The molecule has 0 amide bonds. The van der Waals surface area contributed by atoms with Gasteiger partial charge in [0.1, 0.15) is 0 Å². The second-order valence-electron chi connectivity index (χ2n) is 2.04. The monoisotopic (exact) mass is 211 g/mol. The molecule has 4 heteroatoms. The van der Waals surface area contributed by atoms with Gasteiger partial charge in [-0.3, -0.25) is 0 Å². The van der Waals surface area contributed by atoms with Crippen LogP contribution >= 0.6 is 15.9 Å². The third-order valence-corrected chi connectivity index (χ3v) is 1.93. The van der Waals surface area contributed by atoms with Crippen molar-refractivity contribution in [2.24, 2.45) is 0 Å². The molecule has 56 valence electrons. The average molecular weight is 212 g/mol. The molecule has 0 saturated heterocycles. The number of halogens is 1. The van der Waals surface area contributed by atoms with Crippen LogP contribution in [0, 0.1) is 6.57 Å². The fourth-order valence-electron chi connectivity index (χ4n) is 0.689. The Bertz CT molecular complexity index is 304. The smallest absolute Gasteiger partial charge is 0.190 e. The van der Waals surface area contributed by atoms with Crippen molar-refractivity contribution < 1.29 is 0 Å². The maximum absolute atomic E-state index is 6.72. The minimum Gasteiger partial charge on any atom is -0.398 e. The summed E-state index contributed by atoms with van der Waals surface area (Å²) in [6.07, 6.45) is 0. The summed E-state index contributed by atoms with van der Waals surface area (Å²) < 4.78 is 0.670. The molecule has 0 spiro atoms. The highest BCUT2D eigenvalue weighted by Gasteiger charge is 2.01. The van der Waals surface area contributed by atoms with Crippen LogP contribution in [0.5, 0.6) is 0 Å². The van der Waals surface area contributed by atoms with Crippen LogP contribution in [0.1, 0.15) is 0 Å². The first-order valence-electron chi connectivity index (χ1n) is 2.87. The Hall–Kier alpha value is -1.21. The van der Waals surface area contributed by atoms with Gasteiger partial charge >= 0.3 is 0 Å². The van der Waals surface area contributed by atoms with Crippen LogP contribution in [0.2, 0.25) is 0 Å². The second kappa shape index (κ2) is 2.81. The molecule has 0 unspecified atom stereocenters. The lowest BCUT2D eigenvalue weighted by atomic mass is 10.2. The number of benzene rings is 1. The Morgan fingerprint density at radius 1 is 1.36 bits per heavy atom. The molecule has 0 aliphatic rings. The Morgan fingerprint density at radius 3 is 2.45 bits per heavy atom. The van der Waals surface area contributed by atoms with Gasteiger partial charge in [0, 0.05) is 10.2 Å². The normalized spacial score (nSPS) is 9.09. The minimum absolute atomic E-state index is 0.436. The zero-order valence-electron chi connectivity index (χ0n) is 5.63. The molecule has 1 aromatic carbocycles. The van der Waals surface area contributed by atoms with Gasteiger partial charge in [0.25, 0.3) is 0 Å². The number of nitrogens with two attached hydrogens (primary N) is 2. The molecule has 1 aromatic rings. The van der Waals surface area contributed by atoms with Crippen molar-refractivity contribution >= 4 is 33.0 Å². The molecular weight excluding hydrogens is 206 g/mol. The maximum atomic E-state index is 6.72. The molecule has 0 aliphatic carbocycles. The van der Waals surface area contributed by atoms with Crippen molar-refractivity contribution in [3.63, 3.8) is 0 Å². The molecule has 0 saturated carbocycles. The van der Waals surface area contributed by atoms with Crippen molar-refractivity contribution in [2.75, 3.05) is 11.5 Å². The number of hydrogen-bond donors (Lipinski definition) is 2. The Morgan fingerprint density at radius 2 is 2.00 bits per heavy atom. The molecule has 0 radical (unpaired) electrons. The van der Waals surface area contributed by atoms with Crippen molar-refractivity contribution in [1.82, 2.24) is 0 Å². The van der Waals surface area contributed by atoms with Gasteiger partial charge in [-0.15, -0.1) is 0 Å². The predicted molar refractivity (Wildman–Crippen MR) is 49.2 cm³/mol. The number of anilines is 2. The molecule has 0 aliphatic heterocycles. The van der Waals surface area contributed by atoms with Crippen LogP contribution in [0.25, 0.3) is 4.85 Å². The van der Waals surface area contributed by atoms with Crippen LogP contribution in [0.3, 0.4) is 0 Å². The fourth-order valence-corrected chi connectivity index (χ4v) is 1.15. The van der Waals surface area contributed by atoms with E-state index >= 15 is 0 Å². The van der Waals surface area contributed by atoms with Crippen LogP contribution in [-0.2, 0) is 0 Å². The highest BCUT2D eigenvalue weighted by Crippen LogP contribution is 2.30. The summed E-state index contributed by atoms with van der Waals surface area (Å²) in [5.74, 6) is 0. The van der Waals surface area contributed by atoms with E-state index in [9.17, 15) is 0 Å². The van der Waals surface area contributed by atoms with E-state index in [1.807, 2.05) is 0 Å². The first kappa shape index (κ1) is 7.89. The van der Waals surface area contributed by atoms with E-state index < -0.39 is 0 Å². The predicted octanol–water partition coefficient (Wildman–Crippen LogP) is 2.16. The lowest BCUT2D eigenvalue weighted by Gasteiger charge is -2.02. The van der Waals surface area contributed by atoms with Gasteiger partial charge in [-0.2, -0.15) is 0 Å². The van der Waals surface area contributed by atoms with Gasteiger partial charge in [0.05, 0.1) is 12.3 Å². The van der Waals surface area contributed by atoms with Crippen molar-refractivity contribution in [3.8, 4) is 0 Å². The van der Waals surface area contributed by atoms with Crippen LogP contribution in [0.4, 0.5) is 17.1 Å². The number of hydrogen-bond acceptors (Lipinski definition) is 2. The first-order chi connectivity index (χ1) is 5.15. The van der Waals surface area contributed by atoms with Crippen LogP contribution < -0.4 is 11.5 Å². The highest BCUT2D eigenvalue weighted by atomic mass is 79.9. The maximum Gasteiger partial charge on any atom is 0.190 e. The molecule has 0 bridgehead atoms. The SMILES string of the molecule is [C-]#[N+]c1cc(N)c(N)c(Br)c1. The van der Waals surface area contributed by atoms with E-state index in [0.717, 1.165) is 0 Å². The second-order valence-corrected chi connectivity index (χ2v) is 2.90. The number of nitrogens with zero attached hydrogens (tertiary/aromatic N) is 1. The highest BCUT2D eigenvalue weighted by molar-refractivity contribution is 9.10. The lowest BCUT2D eigenvalue weighted by molar-refractivity contribution is 1.63. The summed E-state index contributed by atoms with van der Waals surface area (Å²) in [6, 6.07) is 3.19. The topological polar surface area (TPSA) is 56.4 Å². The molecular formula is C7H6BrN3. The number of nitrogen functional groups attached to an aromatic ring is 2. The summed E-state index contributed by atoms with van der Waals surface area (Å²) in [4.78, 5) is 3.22. The molecule has 0 atom stereocenters. The van der Waals surface area contributed by atoms with Gasteiger partial charge in [-0.05, 0) is 28.1 Å². The molecule has 0 aromatic heterocycles. The van der Waals surface area contributed by atoms with Gasteiger partial charge in [0.15, 0.2) is 5.69 Å².